The molecule has 2 heterocycles. The van der Waals surface area contributed by atoms with Gasteiger partial charge in [0.1, 0.15) is 0 Å². The molecule has 0 saturated carbocycles. The van der Waals surface area contributed by atoms with Gasteiger partial charge < -0.3 is 30.5 Å². The van der Waals surface area contributed by atoms with Gasteiger partial charge in [-0.2, -0.15) is 0 Å². The lowest BCUT2D eigenvalue weighted by Crippen LogP contribution is -2.48. The lowest BCUT2D eigenvalue weighted by molar-refractivity contribution is 0.0963. The van der Waals surface area contributed by atoms with E-state index in [1.165, 1.54) is 0 Å². The van der Waals surface area contributed by atoms with Crippen LogP contribution in [-0.4, -0.2) is 98.8 Å². The van der Waals surface area contributed by atoms with Gasteiger partial charge in [-0.1, -0.05) is 6.92 Å². The number of carbonyl (C=O) groups is 1. The first-order chi connectivity index (χ1) is 12.5. The van der Waals surface area contributed by atoms with Gasteiger partial charge in [0, 0.05) is 58.4 Å². The fourth-order valence-electron chi connectivity index (χ4n) is 3.46. The van der Waals surface area contributed by atoms with E-state index in [1.54, 1.807) is 4.90 Å². The van der Waals surface area contributed by atoms with Gasteiger partial charge in [-0.15, -0.1) is 0 Å². The van der Waals surface area contributed by atoms with Crippen LogP contribution in [0.1, 0.15) is 26.7 Å². The van der Waals surface area contributed by atoms with Crippen molar-refractivity contribution in [1.82, 2.24) is 20.0 Å². The summed E-state index contributed by atoms with van der Waals surface area (Å²) in [6.45, 7) is 12.2. The number of guanidine groups is 1. The van der Waals surface area contributed by atoms with Gasteiger partial charge >= 0.3 is 6.09 Å². The third kappa shape index (κ3) is 6.99. The van der Waals surface area contributed by atoms with Crippen LogP contribution >= 0.6 is 0 Å². The summed E-state index contributed by atoms with van der Waals surface area (Å²) in [5.41, 5.74) is 6.06. The van der Waals surface area contributed by atoms with Gasteiger partial charge in [0.2, 0.25) is 0 Å². The number of nitrogens with zero attached hydrogens (tertiary/aromatic N) is 4. The summed E-state index contributed by atoms with van der Waals surface area (Å²) >= 11 is 0. The monoisotopic (exact) mass is 368 g/mol. The minimum absolute atomic E-state index is 0.217. The van der Waals surface area contributed by atoms with Crippen molar-refractivity contribution in [3.63, 3.8) is 0 Å². The lowest BCUT2D eigenvalue weighted by Gasteiger charge is -2.33. The van der Waals surface area contributed by atoms with E-state index in [2.05, 4.69) is 34.1 Å². The zero-order chi connectivity index (χ0) is 18.9. The van der Waals surface area contributed by atoms with Gasteiger partial charge in [0.25, 0.3) is 0 Å². The van der Waals surface area contributed by atoms with Crippen LogP contribution in [-0.2, 0) is 4.74 Å². The van der Waals surface area contributed by atoms with Gasteiger partial charge in [-0.25, -0.2) is 4.79 Å². The van der Waals surface area contributed by atoms with Crippen molar-refractivity contribution in [3.05, 3.63) is 0 Å². The van der Waals surface area contributed by atoms with Crippen molar-refractivity contribution >= 4 is 12.1 Å². The molecule has 2 aliphatic heterocycles. The number of likely N-dealkylation sites (tertiary alicyclic amines) is 1. The molecule has 2 fully saturated rings. The SMILES string of the molecule is CCOC(=O)N1CCC(NC(N)=NCC(C)CN2CCN(C)CC2)CC1. The van der Waals surface area contributed by atoms with E-state index in [0.717, 1.165) is 52.1 Å². The Bertz CT molecular complexity index is 457. The second-order valence-electron chi connectivity index (χ2n) is 7.54. The highest BCUT2D eigenvalue weighted by Crippen LogP contribution is 2.11. The van der Waals surface area contributed by atoms with Crippen molar-refractivity contribution in [3.8, 4) is 0 Å². The normalized spacial score (nSPS) is 22.3. The summed E-state index contributed by atoms with van der Waals surface area (Å²) in [4.78, 5) is 22.9. The molecule has 8 heteroatoms. The van der Waals surface area contributed by atoms with Crippen LogP contribution in [0.25, 0.3) is 0 Å². The molecular formula is C18H36N6O2. The molecule has 8 nitrogen and oxygen atoms in total. The Kier molecular flexibility index (Phi) is 8.44. The number of hydrogen-bond acceptors (Lipinski definition) is 5. The number of amides is 1. The van der Waals surface area contributed by atoms with E-state index >= 15 is 0 Å². The van der Waals surface area contributed by atoms with Crippen molar-refractivity contribution < 1.29 is 9.53 Å². The standard InChI is InChI=1S/C18H36N6O2/c1-4-26-18(25)24-7-5-16(6-8-24)21-17(19)20-13-15(2)14-23-11-9-22(3)10-12-23/h15-16H,4-14H2,1-3H3,(H3,19,20,21). The van der Waals surface area contributed by atoms with Gasteiger partial charge in [-0.3, -0.25) is 4.99 Å². The summed E-state index contributed by atoms with van der Waals surface area (Å²) in [5.74, 6) is 1.01. The smallest absolute Gasteiger partial charge is 0.409 e. The quantitative estimate of drug-likeness (QED) is 0.521. The van der Waals surface area contributed by atoms with Crippen LogP contribution in [0, 0.1) is 5.92 Å². The highest BCUT2D eigenvalue weighted by molar-refractivity contribution is 5.78. The Morgan fingerprint density at radius 1 is 1.23 bits per heavy atom. The Morgan fingerprint density at radius 2 is 1.88 bits per heavy atom. The molecular weight excluding hydrogens is 332 g/mol. The summed E-state index contributed by atoms with van der Waals surface area (Å²) in [6.07, 6.45) is 1.52. The fraction of sp³-hybridized carbons (Fsp3) is 0.889. The van der Waals surface area contributed by atoms with E-state index < -0.39 is 0 Å². The Balaban J connectivity index is 1.64. The summed E-state index contributed by atoms with van der Waals surface area (Å²) in [5, 5.41) is 3.30. The summed E-state index contributed by atoms with van der Waals surface area (Å²) < 4.78 is 5.04. The maximum absolute atomic E-state index is 11.7. The number of carbonyl (C=O) groups excluding carboxylic acids is 1. The van der Waals surface area contributed by atoms with Crippen molar-refractivity contribution in [2.24, 2.45) is 16.6 Å². The van der Waals surface area contributed by atoms with Crippen LogP contribution in [0.5, 0.6) is 0 Å². The largest absolute Gasteiger partial charge is 0.450 e. The number of nitrogens with one attached hydrogen (secondary N) is 1. The number of piperazine rings is 1. The maximum atomic E-state index is 11.7. The molecule has 26 heavy (non-hydrogen) atoms. The third-order valence-corrected chi connectivity index (χ3v) is 5.11. The number of ether oxygens (including phenoxy) is 1. The molecule has 1 amide bonds. The number of likely N-dealkylation sites (N-methyl/N-ethyl adjacent to an activating group) is 1. The lowest BCUT2D eigenvalue weighted by atomic mass is 10.1. The van der Waals surface area contributed by atoms with E-state index in [0.29, 0.717) is 31.6 Å². The first-order valence-electron chi connectivity index (χ1n) is 9.87. The first-order valence-corrected chi connectivity index (χ1v) is 9.87. The molecule has 1 atom stereocenters. The van der Waals surface area contributed by atoms with Gasteiger partial charge in [-0.05, 0) is 32.7 Å². The van der Waals surface area contributed by atoms with E-state index in [9.17, 15) is 4.79 Å². The topological polar surface area (TPSA) is 86.4 Å². The third-order valence-electron chi connectivity index (χ3n) is 5.11. The summed E-state index contributed by atoms with van der Waals surface area (Å²) in [7, 11) is 2.18. The molecule has 0 aliphatic carbocycles. The summed E-state index contributed by atoms with van der Waals surface area (Å²) in [6, 6.07) is 0.275. The van der Waals surface area contributed by atoms with Crippen LogP contribution in [0.15, 0.2) is 4.99 Å². The Morgan fingerprint density at radius 3 is 2.50 bits per heavy atom. The number of hydrogen-bond donors (Lipinski definition) is 2. The maximum Gasteiger partial charge on any atom is 0.409 e. The van der Waals surface area contributed by atoms with E-state index in [4.69, 9.17) is 10.5 Å². The average Bonchev–Trinajstić information content (AvgIpc) is 2.63. The van der Waals surface area contributed by atoms with Crippen LogP contribution < -0.4 is 11.1 Å². The molecule has 2 aliphatic rings. The molecule has 0 bridgehead atoms. The predicted molar refractivity (Wildman–Crippen MR) is 104 cm³/mol. The zero-order valence-corrected chi connectivity index (χ0v) is 16.6. The molecule has 0 spiro atoms. The number of rotatable bonds is 6. The van der Waals surface area contributed by atoms with E-state index in [1.807, 2.05) is 6.92 Å². The fourth-order valence-corrected chi connectivity index (χ4v) is 3.46. The van der Waals surface area contributed by atoms with Crippen molar-refractivity contribution in [2.45, 2.75) is 32.7 Å². The molecule has 0 aromatic rings. The van der Waals surface area contributed by atoms with Crippen LogP contribution in [0.3, 0.4) is 0 Å². The molecule has 1 unspecified atom stereocenters. The molecule has 2 saturated heterocycles. The second-order valence-corrected chi connectivity index (χ2v) is 7.54. The van der Waals surface area contributed by atoms with Crippen molar-refractivity contribution in [2.75, 3.05) is 66.0 Å². The molecule has 0 radical (unpaired) electrons. The molecule has 3 N–H and O–H groups in total. The van der Waals surface area contributed by atoms with Gasteiger partial charge in [0.15, 0.2) is 5.96 Å². The molecule has 150 valence electrons. The Labute approximate surface area is 157 Å². The number of nitrogens with two attached hydrogens (primary N) is 1. The molecule has 2 rings (SSSR count). The van der Waals surface area contributed by atoms with Crippen LogP contribution in [0.2, 0.25) is 0 Å². The number of aliphatic imine (C=N–C) groups is 1. The molecule has 0 aromatic heterocycles. The van der Waals surface area contributed by atoms with Crippen molar-refractivity contribution in [1.29, 1.82) is 0 Å². The average molecular weight is 369 g/mol. The Hall–Kier alpha value is -1.54. The van der Waals surface area contributed by atoms with Crippen LogP contribution in [0.4, 0.5) is 4.79 Å². The second kappa shape index (κ2) is 10.6. The highest BCUT2D eigenvalue weighted by Gasteiger charge is 2.23. The van der Waals surface area contributed by atoms with Gasteiger partial charge in [0.05, 0.1) is 6.61 Å². The highest BCUT2D eigenvalue weighted by atomic mass is 16.6. The zero-order valence-electron chi connectivity index (χ0n) is 16.6. The first kappa shape index (κ1) is 20.8. The number of piperidine rings is 1. The molecule has 0 aromatic carbocycles. The van der Waals surface area contributed by atoms with E-state index in [-0.39, 0.29) is 12.1 Å². The predicted octanol–water partition coefficient (Wildman–Crippen LogP) is 0.395. The minimum atomic E-state index is -0.217. The minimum Gasteiger partial charge on any atom is -0.450 e.